The Morgan fingerprint density at radius 2 is 2.38 bits per heavy atom. The number of hydrogen-bond donors (Lipinski definition) is 2. The van der Waals surface area contributed by atoms with Gasteiger partial charge in [-0.05, 0) is 13.3 Å². The molecule has 1 atom stereocenters. The fourth-order valence-electron chi connectivity index (χ4n) is 1.39. The summed E-state index contributed by atoms with van der Waals surface area (Å²) in [5, 5.41) is 5.47. The third-order valence-electron chi connectivity index (χ3n) is 2.31. The largest absolute Gasteiger partial charge is 0.356 e. The second-order valence-corrected chi connectivity index (χ2v) is 3.77. The molecule has 0 aromatic rings. The van der Waals surface area contributed by atoms with Crippen molar-refractivity contribution < 1.29 is 9.59 Å². The molecule has 0 spiro atoms. The molecule has 1 unspecified atom stereocenters. The summed E-state index contributed by atoms with van der Waals surface area (Å²) < 4.78 is 0. The molecule has 1 aliphatic heterocycles. The lowest BCUT2D eigenvalue weighted by atomic mass is 9.88. The van der Waals surface area contributed by atoms with Crippen LogP contribution < -0.4 is 10.6 Å². The summed E-state index contributed by atoms with van der Waals surface area (Å²) in [4.78, 5) is 22.5. The summed E-state index contributed by atoms with van der Waals surface area (Å²) in [5.41, 5.74) is -0.535. The quantitative estimate of drug-likeness (QED) is 0.650. The van der Waals surface area contributed by atoms with E-state index in [1.165, 1.54) is 0 Å². The van der Waals surface area contributed by atoms with Gasteiger partial charge in [0.2, 0.25) is 11.8 Å². The minimum absolute atomic E-state index is 0.0206. The molecule has 1 fully saturated rings. The van der Waals surface area contributed by atoms with E-state index in [0.29, 0.717) is 19.5 Å². The molecule has 0 radical (unpaired) electrons. The van der Waals surface area contributed by atoms with Gasteiger partial charge in [0.15, 0.2) is 0 Å². The molecule has 0 aromatic carbocycles. The monoisotopic (exact) mass is 184 g/mol. The molecule has 4 nitrogen and oxygen atoms in total. The molecule has 1 aliphatic rings. The first-order valence-electron chi connectivity index (χ1n) is 4.63. The zero-order valence-corrected chi connectivity index (χ0v) is 8.14. The van der Waals surface area contributed by atoms with Gasteiger partial charge in [-0.1, -0.05) is 6.92 Å². The van der Waals surface area contributed by atoms with Crippen LogP contribution in [0.2, 0.25) is 0 Å². The fraction of sp³-hybridized carbons (Fsp3) is 0.778. The van der Waals surface area contributed by atoms with Crippen molar-refractivity contribution >= 4 is 11.8 Å². The van der Waals surface area contributed by atoms with Crippen molar-refractivity contribution in [3.63, 3.8) is 0 Å². The van der Waals surface area contributed by atoms with Crippen molar-refractivity contribution in [2.24, 2.45) is 5.41 Å². The first-order valence-corrected chi connectivity index (χ1v) is 4.63. The maximum absolute atomic E-state index is 11.6. The molecule has 4 heteroatoms. The zero-order valence-electron chi connectivity index (χ0n) is 8.14. The molecule has 2 amide bonds. The molecular weight excluding hydrogens is 168 g/mol. The highest BCUT2D eigenvalue weighted by atomic mass is 16.2. The topological polar surface area (TPSA) is 58.2 Å². The summed E-state index contributed by atoms with van der Waals surface area (Å²) >= 11 is 0. The Hall–Kier alpha value is -1.06. The van der Waals surface area contributed by atoms with Crippen molar-refractivity contribution in [1.82, 2.24) is 10.6 Å². The van der Waals surface area contributed by atoms with Crippen molar-refractivity contribution in [2.75, 3.05) is 13.1 Å². The van der Waals surface area contributed by atoms with Crippen molar-refractivity contribution in [1.29, 1.82) is 0 Å². The number of carbonyl (C=O) groups excluding carboxylic acids is 2. The maximum atomic E-state index is 11.6. The predicted octanol–water partition coefficient (Wildman–Crippen LogP) is 0.0388. The minimum atomic E-state index is -0.535. The van der Waals surface area contributed by atoms with Gasteiger partial charge >= 0.3 is 0 Å². The molecular formula is C9H16N2O2. The van der Waals surface area contributed by atoms with Crippen LogP contribution in [0.4, 0.5) is 0 Å². The smallest absolute Gasteiger partial charge is 0.228 e. The van der Waals surface area contributed by atoms with E-state index in [2.05, 4.69) is 10.6 Å². The average Bonchev–Trinajstić information content (AvgIpc) is 2.43. The van der Waals surface area contributed by atoms with Gasteiger partial charge < -0.3 is 10.6 Å². The van der Waals surface area contributed by atoms with E-state index in [4.69, 9.17) is 0 Å². The van der Waals surface area contributed by atoms with Crippen LogP contribution in [-0.2, 0) is 9.59 Å². The van der Waals surface area contributed by atoms with E-state index in [0.717, 1.165) is 6.42 Å². The third-order valence-corrected chi connectivity index (χ3v) is 2.31. The van der Waals surface area contributed by atoms with E-state index < -0.39 is 5.41 Å². The lowest BCUT2D eigenvalue weighted by Crippen LogP contribution is -2.40. The van der Waals surface area contributed by atoms with Crippen LogP contribution in [-0.4, -0.2) is 24.9 Å². The van der Waals surface area contributed by atoms with E-state index in [1.54, 1.807) is 0 Å². The van der Waals surface area contributed by atoms with Crippen LogP contribution >= 0.6 is 0 Å². The number of rotatable bonds is 3. The van der Waals surface area contributed by atoms with Crippen LogP contribution in [0.5, 0.6) is 0 Å². The summed E-state index contributed by atoms with van der Waals surface area (Å²) in [5.74, 6) is -0.0538. The highest BCUT2D eigenvalue weighted by Crippen LogP contribution is 2.25. The van der Waals surface area contributed by atoms with Gasteiger partial charge in [0, 0.05) is 19.5 Å². The van der Waals surface area contributed by atoms with E-state index in [9.17, 15) is 9.59 Å². The van der Waals surface area contributed by atoms with Crippen LogP contribution in [0, 0.1) is 5.41 Å². The number of carbonyl (C=O) groups is 2. The second-order valence-electron chi connectivity index (χ2n) is 3.77. The maximum Gasteiger partial charge on any atom is 0.228 e. The van der Waals surface area contributed by atoms with Crippen LogP contribution in [0.3, 0.4) is 0 Å². The Bertz CT molecular complexity index is 228. The summed E-state index contributed by atoms with van der Waals surface area (Å²) in [6, 6.07) is 0. The molecule has 1 rings (SSSR count). The lowest BCUT2D eigenvalue weighted by Gasteiger charge is -2.19. The minimum Gasteiger partial charge on any atom is -0.356 e. The van der Waals surface area contributed by atoms with Crippen LogP contribution in [0.15, 0.2) is 0 Å². The number of amides is 2. The zero-order chi connectivity index (χ0) is 9.90. The van der Waals surface area contributed by atoms with Gasteiger partial charge in [0.05, 0.1) is 5.41 Å². The molecule has 0 aromatic heterocycles. The van der Waals surface area contributed by atoms with Crippen molar-refractivity contribution in [3.05, 3.63) is 0 Å². The SMILES string of the molecule is CCCNC(=O)C1(C)CNC(=O)C1. The Labute approximate surface area is 78.1 Å². The molecule has 1 heterocycles. The summed E-state index contributed by atoms with van der Waals surface area (Å²) in [7, 11) is 0. The van der Waals surface area contributed by atoms with Gasteiger partial charge in [-0.3, -0.25) is 9.59 Å². The molecule has 0 bridgehead atoms. The Morgan fingerprint density at radius 1 is 1.69 bits per heavy atom. The number of hydrogen-bond acceptors (Lipinski definition) is 2. The van der Waals surface area contributed by atoms with E-state index in [1.807, 2.05) is 13.8 Å². The Morgan fingerprint density at radius 3 is 2.85 bits per heavy atom. The van der Waals surface area contributed by atoms with Gasteiger partial charge in [-0.2, -0.15) is 0 Å². The Balaban J connectivity index is 2.50. The normalized spacial score (nSPS) is 27.1. The third kappa shape index (κ3) is 2.20. The van der Waals surface area contributed by atoms with Gasteiger partial charge in [-0.15, -0.1) is 0 Å². The fourth-order valence-corrected chi connectivity index (χ4v) is 1.39. The number of nitrogens with one attached hydrogen (secondary N) is 2. The molecule has 0 saturated carbocycles. The highest BCUT2D eigenvalue weighted by molar-refractivity contribution is 5.92. The van der Waals surface area contributed by atoms with E-state index in [-0.39, 0.29) is 11.8 Å². The lowest BCUT2D eigenvalue weighted by molar-refractivity contribution is -0.131. The summed E-state index contributed by atoms with van der Waals surface area (Å²) in [6.07, 6.45) is 1.23. The average molecular weight is 184 g/mol. The molecule has 13 heavy (non-hydrogen) atoms. The second kappa shape index (κ2) is 3.77. The molecule has 2 N–H and O–H groups in total. The molecule has 0 aliphatic carbocycles. The van der Waals surface area contributed by atoms with Crippen LogP contribution in [0.1, 0.15) is 26.7 Å². The molecule has 1 saturated heterocycles. The predicted molar refractivity (Wildman–Crippen MR) is 49.0 cm³/mol. The standard InChI is InChI=1S/C9H16N2O2/c1-3-4-10-8(13)9(2)5-7(12)11-6-9/h3-6H2,1-2H3,(H,10,13)(H,11,12). The first kappa shape index (κ1) is 10.0. The Kier molecular flexibility index (Phi) is 2.90. The van der Waals surface area contributed by atoms with E-state index >= 15 is 0 Å². The first-order chi connectivity index (χ1) is 6.08. The van der Waals surface area contributed by atoms with Crippen LogP contribution in [0.25, 0.3) is 0 Å². The van der Waals surface area contributed by atoms with Gasteiger partial charge in [0.1, 0.15) is 0 Å². The van der Waals surface area contributed by atoms with Gasteiger partial charge in [0.25, 0.3) is 0 Å². The van der Waals surface area contributed by atoms with Gasteiger partial charge in [-0.25, -0.2) is 0 Å². The summed E-state index contributed by atoms with van der Waals surface area (Å²) in [6.45, 7) is 4.96. The molecule has 74 valence electrons. The van der Waals surface area contributed by atoms with Crippen molar-refractivity contribution in [3.8, 4) is 0 Å². The van der Waals surface area contributed by atoms with Crippen molar-refractivity contribution in [2.45, 2.75) is 26.7 Å². The highest BCUT2D eigenvalue weighted by Gasteiger charge is 2.40.